The highest BCUT2D eigenvalue weighted by molar-refractivity contribution is 7.17. The van der Waals surface area contributed by atoms with Crippen LogP contribution < -0.4 is 0 Å². The van der Waals surface area contributed by atoms with Crippen LogP contribution in [0.2, 0.25) is 0 Å². The monoisotopic (exact) mass is 379 g/mol. The molecule has 0 saturated carbocycles. The second kappa shape index (κ2) is 7.06. The van der Waals surface area contributed by atoms with E-state index in [0.29, 0.717) is 6.04 Å². The molecule has 4 nitrogen and oxygen atoms in total. The molecule has 27 heavy (non-hydrogen) atoms. The number of carbonyl (C=O) groups excluding carboxylic acids is 1. The second-order valence-corrected chi connectivity index (χ2v) is 8.57. The maximum absolute atomic E-state index is 13.1. The van der Waals surface area contributed by atoms with Gasteiger partial charge in [0.15, 0.2) is 0 Å². The van der Waals surface area contributed by atoms with Gasteiger partial charge in [-0.05, 0) is 50.7 Å². The van der Waals surface area contributed by atoms with Crippen LogP contribution in [0.5, 0.6) is 0 Å². The Labute approximate surface area is 164 Å². The van der Waals surface area contributed by atoms with Crippen LogP contribution in [0.15, 0.2) is 36.4 Å². The van der Waals surface area contributed by atoms with E-state index in [9.17, 15) is 4.79 Å². The SMILES string of the molecule is Cc1nc(-c2ccc(C)c3ccccc23)sc1C(=O)N1CCC(N(C)C)C1. The van der Waals surface area contributed by atoms with Gasteiger partial charge in [-0.1, -0.05) is 36.4 Å². The first-order chi connectivity index (χ1) is 13.0. The van der Waals surface area contributed by atoms with Crippen molar-refractivity contribution in [3.05, 3.63) is 52.5 Å². The van der Waals surface area contributed by atoms with Crippen LogP contribution in [-0.4, -0.2) is 53.9 Å². The van der Waals surface area contributed by atoms with Gasteiger partial charge in [-0.15, -0.1) is 11.3 Å². The molecule has 1 unspecified atom stereocenters. The van der Waals surface area contributed by atoms with Crippen molar-refractivity contribution in [2.75, 3.05) is 27.2 Å². The molecule has 1 amide bonds. The zero-order valence-corrected chi connectivity index (χ0v) is 17.1. The molecule has 0 aliphatic carbocycles. The van der Waals surface area contributed by atoms with Gasteiger partial charge in [-0.3, -0.25) is 4.79 Å². The molecule has 0 bridgehead atoms. The van der Waals surface area contributed by atoms with E-state index in [-0.39, 0.29) is 5.91 Å². The third-order valence-electron chi connectivity index (χ3n) is 5.54. The maximum Gasteiger partial charge on any atom is 0.265 e. The van der Waals surface area contributed by atoms with Crippen LogP contribution >= 0.6 is 11.3 Å². The maximum atomic E-state index is 13.1. The van der Waals surface area contributed by atoms with Gasteiger partial charge in [0.05, 0.1) is 5.69 Å². The van der Waals surface area contributed by atoms with Gasteiger partial charge in [0.2, 0.25) is 0 Å². The molecule has 1 aliphatic heterocycles. The number of likely N-dealkylation sites (N-methyl/N-ethyl adjacent to an activating group) is 1. The first-order valence-corrected chi connectivity index (χ1v) is 10.2. The third-order valence-corrected chi connectivity index (χ3v) is 6.72. The average molecular weight is 380 g/mol. The van der Waals surface area contributed by atoms with E-state index in [1.807, 2.05) is 11.8 Å². The number of hydrogen-bond acceptors (Lipinski definition) is 4. The van der Waals surface area contributed by atoms with Crippen molar-refractivity contribution in [1.82, 2.24) is 14.8 Å². The lowest BCUT2D eigenvalue weighted by atomic mass is 10.0. The number of rotatable bonds is 3. The quantitative estimate of drug-likeness (QED) is 0.679. The molecule has 2 aromatic carbocycles. The molecule has 0 N–H and O–H groups in total. The molecule has 3 aromatic rings. The van der Waals surface area contributed by atoms with Crippen molar-refractivity contribution in [2.45, 2.75) is 26.3 Å². The number of aryl methyl sites for hydroxylation is 2. The molecule has 0 radical (unpaired) electrons. The largest absolute Gasteiger partial charge is 0.336 e. The molecule has 5 heteroatoms. The molecule has 1 aromatic heterocycles. The normalized spacial score (nSPS) is 17.2. The Bertz CT molecular complexity index is 1010. The molecule has 2 heterocycles. The number of nitrogens with zero attached hydrogens (tertiary/aromatic N) is 3. The van der Waals surface area contributed by atoms with Gasteiger partial charge >= 0.3 is 0 Å². The molecular formula is C22H25N3OS. The van der Waals surface area contributed by atoms with Gasteiger partial charge in [0.25, 0.3) is 5.91 Å². The topological polar surface area (TPSA) is 36.4 Å². The van der Waals surface area contributed by atoms with Gasteiger partial charge in [-0.2, -0.15) is 0 Å². The van der Waals surface area contributed by atoms with Gasteiger partial charge in [-0.25, -0.2) is 4.98 Å². The van der Waals surface area contributed by atoms with E-state index in [2.05, 4.69) is 62.3 Å². The van der Waals surface area contributed by atoms with E-state index in [0.717, 1.165) is 40.7 Å². The number of aromatic nitrogens is 1. The van der Waals surface area contributed by atoms with Crippen molar-refractivity contribution in [3.8, 4) is 10.6 Å². The number of benzene rings is 2. The minimum Gasteiger partial charge on any atom is -0.336 e. The lowest BCUT2D eigenvalue weighted by Crippen LogP contribution is -2.34. The number of hydrogen-bond donors (Lipinski definition) is 0. The molecule has 1 saturated heterocycles. The Balaban J connectivity index is 1.69. The highest BCUT2D eigenvalue weighted by Crippen LogP contribution is 2.35. The fraction of sp³-hybridized carbons (Fsp3) is 0.364. The lowest BCUT2D eigenvalue weighted by Gasteiger charge is -2.20. The number of carbonyl (C=O) groups is 1. The second-order valence-electron chi connectivity index (χ2n) is 7.57. The summed E-state index contributed by atoms with van der Waals surface area (Å²) >= 11 is 1.52. The molecule has 0 spiro atoms. The smallest absolute Gasteiger partial charge is 0.265 e. The molecule has 1 fully saturated rings. The van der Waals surface area contributed by atoms with Crippen LogP contribution in [0.1, 0.15) is 27.3 Å². The summed E-state index contributed by atoms with van der Waals surface area (Å²) in [6, 6.07) is 13.1. The summed E-state index contributed by atoms with van der Waals surface area (Å²) in [6.45, 7) is 5.69. The van der Waals surface area contributed by atoms with Crippen LogP contribution in [-0.2, 0) is 0 Å². The summed E-state index contributed by atoms with van der Waals surface area (Å²) in [7, 11) is 4.16. The van der Waals surface area contributed by atoms with E-state index < -0.39 is 0 Å². The van der Waals surface area contributed by atoms with E-state index >= 15 is 0 Å². The van der Waals surface area contributed by atoms with Crippen LogP contribution in [0.4, 0.5) is 0 Å². The minimum absolute atomic E-state index is 0.122. The lowest BCUT2D eigenvalue weighted by molar-refractivity contribution is 0.0787. The van der Waals surface area contributed by atoms with E-state index in [1.165, 1.54) is 27.7 Å². The standard InChI is InChI=1S/C22H25N3OS/c1-14-9-10-19(18-8-6-5-7-17(14)18)21-23-15(2)20(27-21)22(26)25-12-11-16(13-25)24(3)4/h5-10,16H,11-13H2,1-4H3. The summed E-state index contributed by atoms with van der Waals surface area (Å²) in [4.78, 5) is 22.8. The molecule has 4 rings (SSSR count). The van der Waals surface area contributed by atoms with E-state index in [1.54, 1.807) is 0 Å². The Kier molecular flexibility index (Phi) is 4.74. The first-order valence-electron chi connectivity index (χ1n) is 9.37. The number of thiazole rings is 1. The summed E-state index contributed by atoms with van der Waals surface area (Å²) in [5, 5.41) is 3.36. The summed E-state index contributed by atoms with van der Waals surface area (Å²) in [5.41, 5.74) is 3.19. The molecule has 1 atom stereocenters. The highest BCUT2D eigenvalue weighted by Gasteiger charge is 2.30. The predicted octanol–water partition coefficient (Wildman–Crippen LogP) is 4.36. The van der Waals surface area contributed by atoms with Crippen molar-refractivity contribution in [3.63, 3.8) is 0 Å². The minimum atomic E-state index is 0.122. The summed E-state index contributed by atoms with van der Waals surface area (Å²) in [5.74, 6) is 0.122. The third kappa shape index (κ3) is 3.26. The zero-order chi connectivity index (χ0) is 19.1. The Hall–Kier alpha value is -2.24. The van der Waals surface area contributed by atoms with Crippen molar-refractivity contribution in [2.24, 2.45) is 0 Å². The van der Waals surface area contributed by atoms with Gasteiger partial charge in [0, 0.05) is 24.7 Å². The number of amides is 1. The van der Waals surface area contributed by atoms with Gasteiger partial charge in [0.1, 0.15) is 9.88 Å². The predicted molar refractivity (Wildman–Crippen MR) is 113 cm³/mol. The molecule has 1 aliphatic rings. The fourth-order valence-electron chi connectivity index (χ4n) is 3.84. The van der Waals surface area contributed by atoms with Crippen LogP contribution in [0, 0.1) is 13.8 Å². The van der Waals surface area contributed by atoms with Gasteiger partial charge < -0.3 is 9.80 Å². The summed E-state index contributed by atoms with van der Waals surface area (Å²) < 4.78 is 0. The van der Waals surface area contributed by atoms with E-state index in [4.69, 9.17) is 4.98 Å². The van der Waals surface area contributed by atoms with Crippen molar-refractivity contribution in [1.29, 1.82) is 0 Å². The highest BCUT2D eigenvalue weighted by atomic mass is 32.1. The van der Waals surface area contributed by atoms with Crippen LogP contribution in [0.25, 0.3) is 21.3 Å². The Morgan fingerprint density at radius 3 is 2.59 bits per heavy atom. The molecule has 140 valence electrons. The first kappa shape index (κ1) is 18.1. The summed E-state index contributed by atoms with van der Waals surface area (Å²) in [6.07, 6.45) is 1.03. The van der Waals surface area contributed by atoms with Crippen molar-refractivity contribution < 1.29 is 4.79 Å². The Morgan fingerprint density at radius 1 is 1.15 bits per heavy atom. The average Bonchev–Trinajstić information content (AvgIpc) is 3.29. The zero-order valence-electron chi connectivity index (χ0n) is 16.3. The number of fused-ring (bicyclic) bond motifs is 1. The number of likely N-dealkylation sites (tertiary alicyclic amines) is 1. The Morgan fingerprint density at radius 2 is 1.89 bits per heavy atom. The molecular weight excluding hydrogens is 354 g/mol. The fourth-order valence-corrected chi connectivity index (χ4v) is 4.91. The van der Waals surface area contributed by atoms with Crippen LogP contribution in [0.3, 0.4) is 0 Å². The van der Waals surface area contributed by atoms with Crippen molar-refractivity contribution >= 4 is 28.0 Å².